The van der Waals surface area contributed by atoms with Crippen molar-refractivity contribution >= 4 is 52.4 Å². The molecular weight excluding hydrogens is 538 g/mol. The van der Waals surface area contributed by atoms with Crippen molar-refractivity contribution in [3.8, 4) is 0 Å². The van der Waals surface area contributed by atoms with Gasteiger partial charge in [0, 0.05) is 21.4 Å². The highest BCUT2D eigenvalue weighted by atomic mass is 35.5. The zero-order valence-corrected chi connectivity index (χ0v) is 24.8. The smallest absolute Gasteiger partial charge is 0.307 e. The molecule has 0 aliphatic rings. The SMILES string of the molecule is CC[C@H](CS[C@@H](CCc1cccc(C(C)(C)O)c1)c1cccc(C=Cc2ccc3ccc(Cl)cc3n2)c1)C(=O)O. The summed E-state index contributed by atoms with van der Waals surface area (Å²) in [7, 11) is 0. The second-order valence-corrected chi connectivity index (χ2v) is 12.3. The third-order valence-corrected chi connectivity index (χ3v) is 8.81. The number of carboxylic acid groups (broad SMARTS) is 1. The number of halogens is 1. The first kappa shape index (κ1) is 29.9. The number of carboxylic acids is 1. The zero-order chi connectivity index (χ0) is 28.7. The van der Waals surface area contributed by atoms with Crippen molar-refractivity contribution in [3.63, 3.8) is 0 Å². The van der Waals surface area contributed by atoms with Gasteiger partial charge >= 0.3 is 5.97 Å². The van der Waals surface area contributed by atoms with E-state index in [4.69, 9.17) is 16.6 Å². The molecule has 0 amide bonds. The quantitative estimate of drug-likeness (QED) is 0.177. The fourth-order valence-corrected chi connectivity index (χ4v) is 6.22. The lowest BCUT2D eigenvalue weighted by Gasteiger charge is -2.21. The third kappa shape index (κ3) is 8.20. The van der Waals surface area contributed by atoms with Gasteiger partial charge in [0.2, 0.25) is 0 Å². The molecule has 4 aromatic rings. The van der Waals surface area contributed by atoms with E-state index in [1.165, 1.54) is 5.56 Å². The Kier molecular flexibility index (Phi) is 10.1. The number of benzene rings is 3. The van der Waals surface area contributed by atoms with E-state index in [9.17, 15) is 15.0 Å². The van der Waals surface area contributed by atoms with Crippen molar-refractivity contribution in [2.75, 3.05) is 5.75 Å². The van der Waals surface area contributed by atoms with E-state index in [1.54, 1.807) is 25.6 Å². The number of thioether (sulfide) groups is 1. The Labute approximate surface area is 246 Å². The Morgan fingerprint density at radius 1 is 1.02 bits per heavy atom. The zero-order valence-electron chi connectivity index (χ0n) is 23.2. The van der Waals surface area contributed by atoms with E-state index in [0.29, 0.717) is 17.2 Å². The van der Waals surface area contributed by atoms with Gasteiger partial charge in [0.1, 0.15) is 0 Å². The first-order chi connectivity index (χ1) is 19.1. The molecule has 0 spiro atoms. The van der Waals surface area contributed by atoms with Crippen LogP contribution in [-0.4, -0.2) is 26.9 Å². The Balaban J connectivity index is 1.55. The van der Waals surface area contributed by atoms with Crippen molar-refractivity contribution < 1.29 is 15.0 Å². The Hall–Kier alpha value is -3.12. The molecule has 4 rings (SSSR count). The second-order valence-electron chi connectivity index (χ2n) is 10.6. The van der Waals surface area contributed by atoms with Crippen LogP contribution in [0.25, 0.3) is 23.1 Å². The lowest BCUT2D eigenvalue weighted by atomic mass is 9.94. The summed E-state index contributed by atoms with van der Waals surface area (Å²) in [6, 6.07) is 26.3. The largest absolute Gasteiger partial charge is 0.481 e. The molecule has 40 heavy (non-hydrogen) atoms. The molecule has 0 unspecified atom stereocenters. The number of aliphatic carboxylic acids is 1. The van der Waals surface area contributed by atoms with Crippen LogP contribution in [0.3, 0.4) is 0 Å². The highest BCUT2D eigenvalue weighted by Gasteiger charge is 2.21. The molecular formula is C34H36ClNO3S. The van der Waals surface area contributed by atoms with Gasteiger partial charge in [-0.15, -0.1) is 0 Å². The van der Waals surface area contributed by atoms with Gasteiger partial charge in [0.25, 0.3) is 0 Å². The number of aliphatic hydroxyl groups is 1. The number of carbonyl (C=O) groups is 1. The van der Waals surface area contributed by atoms with Crippen molar-refractivity contribution in [1.82, 2.24) is 4.98 Å². The van der Waals surface area contributed by atoms with Crippen molar-refractivity contribution in [3.05, 3.63) is 112 Å². The lowest BCUT2D eigenvalue weighted by Crippen LogP contribution is -2.16. The number of nitrogens with zero attached hydrogens (tertiary/aromatic N) is 1. The Morgan fingerprint density at radius 3 is 2.55 bits per heavy atom. The van der Waals surface area contributed by atoms with Crippen molar-refractivity contribution in [2.45, 2.75) is 50.9 Å². The first-order valence-corrected chi connectivity index (χ1v) is 15.1. The molecule has 2 N–H and O–H groups in total. The van der Waals surface area contributed by atoms with E-state index in [-0.39, 0.29) is 11.2 Å². The van der Waals surface area contributed by atoms with Gasteiger partial charge in [0.15, 0.2) is 0 Å². The standard InChI is InChI=1S/C34H36ClNO3S/c1-4-25(33(37)38)22-40-32(18-12-24-8-6-10-28(20-24)34(2,3)39)27-9-5-7-23(19-27)11-16-30-17-14-26-13-15-29(35)21-31(26)36-30/h5-11,13-17,19-21,25,32,39H,4,12,18,22H2,1-3H3,(H,37,38)/t25-,32+/m1/s1. The summed E-state index contributed by atoms with van der Waals surface area (Å²) in [5, 5.41) is 21.9. The third-order valence-electron chi connectivity index (χ3n) is 7.07. The van der Waals surface area contributed by atoms with Gasteiger partial charge in [-0.25, -0.2) is 4.98 Å². The summed E-state index contributed by atoms with van der Waals surface area (Å²) in [6.45, 7) is 5.52. The number of pyridine rings is 1. The van der Waals surface area contributed by atoms with E-state index in [1.807, 2.05) is 55.5 Å². The van der Waals surface area contributed by atoms with Crippen LogP contribution in [0.2, 0.25) is 5.02 Å². The minimum absolute atomic E-state index is 0.133. The maximum atomic E-state index is 11.7. The number of aromatic nitrogens is 1. The van der Waals surface area contributed by atoms with Gasteiger partial charge < -0.3 is 10.2 Å². The summed E-state index contributed by atoms with van der Waals surface area (Å²) < 4.78 is 0. The molecule has 0 saturated carbocycles. The molecule has 0 fully saturated rings. The van der Waals surface area contributed by atoms with Crippen LogP contribution in [0, 0.1) is 5.92 Å². The molecule has 6 heteroatoms. The minimum atomic E-state index is -0.896. The molecule has 3 aromatic carbocycles. The molecule has 2 atom stereocenters. The monoisotopic (exact) mass is 573 g/mol. The van der Waals surface area contributed by atoms with E-state index in [2.05, 4.69) is 42.5 Å². The van der Waals surface area contributed by atoms with Crippen LogP contribution in [0.15, 0.2) is 78.9 Å². The summed E-state index contributed by atoms with van der Waals surface area (Å²) in [6.07, 6.45) is 6.35. The Morgan fingerprint density at radius 2 is 1.80 bits per heavy atom. The number of rotatable bonds is 12. The van der Waals surface area contributed by atoms with Crippen LogP contribution in [-0.2, 0) is 16.8 Å². The number of aryl methyl sites for hydroxylation is 1. The number of hydrogen-bond donors (Lipinski definition) is 2. The average molecular weight is 574 g/mol. The summed E-state index contributed by atoms with van der Waals surface area (Å²) >= 11 is 7.86. The molecule has 208 valence electrons. The fourth-order valence-electron chi connectivity index (χ4n) is 4.59. The maximum absolute atomic E-state index is 11.7. The maximum Gasteiger partial charge on any atom is 0.307 e. The Bertz CT molecular complexity index is 1490. The molecule has 0 aliphatic carbocycles. The minimum Gasteiger partial charge on any atom is -0.481 e. The van der Waals surface area contributed by atoms with Gasteiger partial charge in [-0.3, -0.25) is 4.79 Å². The highest BCUT2D eigenvalue weighted by molar-refractivity contribution is 7.99. The van der Waals surface area contributed by atoms with E-state index >= 15 is 0 Å². The first-order valence-electron chi connectivity index (χ1n) is 13.6. The van der Waals surface area contributed by atoms with E-state index in [0.717, 1.165) is 46.1 Å². The van der Waals surface area contributed by atoms with Crippen molar-refractivity contribution in [2.24, 2.45) is 5.92 Å². The molecule has 0 radical (unpaired) electrons. The van der Waals surface area contributed by atoms with Crippen LogP contribution in [0.1, 0.15) is 66.8 Å². The summed E-state index contributed by atoms with van der Waals surface area (Å²) in [4.78, 5) is 16.4. The van der Waals surface area contributed by atoms with Crippen molar-refractivity contribution in [1.29, 1.82) is 0 Å². The van der Waals surface area contributed by atoms with Crippen LogP contribution in [0.4, 0.5) is 0 Å². The summed E-state index contributed by atoms with van der Waals surface area (Å²) in [5.41, 5.74) is 5.10. The second kappa shape index (κ2) is 13.5. The number of fused-ring (bicyclic) bond motifs is 1. The average Bonchev–Trinajstić information content (AvgIpc) is 2.93. The molecule has 0 saturated heterocycles. The van der Waals surface area contributed by atoms with E-state index < -0.39 is 11.6 Å². The molecule has 0 bridgehead atoms. The topological polar surface area (TPSA) is 70.4 Å². The van der Waals surface area contributed by atoms with Gasteiger partial charge in [0.05, 0.1) is 22.7 Å². The molecule has 0 aliphatic heterocycles. The summed E-state index contributed by atoms with van der Waals surface area (Å²) in [5.74, 6) is -0.557. The normalized spacial score (nSPS) is 13.5. The number of hydrogen-bond acceptors (Lipinski definition) is 4. The molecule has 1 heterocycles. The van der Waals surface area contributed by atoms with Crippen LogP contribution < -0.4 is 0 Å². The lowest BCUT2D eigenvalue weighted by molar-refractivity contribution is -0.140. The molecule has 1 aromatic heterocycles. The predicted molar refractivity (Wildman–Crippen MR) is 169 cm³/mol. The fraction of sp³-hybridized carbons (Fsp3) is 0.294. The van der Waals surface area contributed by atoms with Gasteiger partial charge in [-0.1, -0.05) is 85.3 Å². The van der Waals surface area contributed by atoms with Gasteiger partial charge in [-0.05, 0) is 79.6 Å². The highest BCUT2D eigenvalue weighted by Crippen LogP contribution is 2.36. The van der Waals surface area contributed by atoms with Crippen LogP contribution >= 0.6 is 23.4 Å². The molecule has 4 nitrogen and oxygen atoms in total. The van der Waals surface area contributed by atoms with Gasteiger partial charge in [-0.2, -0.15) is 11.8 Å². The predicted octanol–water partition coefficient (Wildman–Crippen LogP) is 8.80. The van der Waals surface area contributed by atoms with Crippen LogP contribution in [0.5, 0.6) is 0 Å².